The zero-order valence-corrected chi connectivity index (χ0v) is 17.3. The molecule has 0 aliphatic heterocycles. The molecular weight excluding hydrogens is 400 g/mol. The van der Waals surface area contributed by atoms with Crippen LogP contribution in [0.15, 0.2) is 52.9 Å². The number of hydrogen-bond donors (Lipinski definition) is 2. The Hall–Kier alpha value is -2.09. The van der Waals surface area contributed by atoms with Gasteiger partial charge in [-0.05, 0) is 49.2 Å². The van der Waals surface area contributed by atoms with Crippen LogP contribution in [0.1, 0.15) is 19.4 Å². The van der Waals surface area contributed by atoms with E-state index in [2.05, 4.69) is 39.9 Å². The summed E-state index contributed by atoms with van der Waals surface area (Å²) in [5, 5.41) is 15.4. The highest BCUT2D eigenvalue weighted by Gasteiger charge is 2.17. The summed E-state index contributed by atoms with van der Waals surface area (Å²) in [4.78, 5) is 12.4. The van der Waals surface area contributed by atoms with Gasteiger partial charge in [0.2, 0.25) is 11.0 Å². The third-order valence-electron chi connectivity index (χ3n) is 3.76. The molecule has 1 heterocycles. The van der Waals surface area contributed by atoms with Crippen molar-refractivity contribution in [3.05, 3.63) is 59.1 Å². The van der Waals surface area contributed by atoms with Crippen molar-refractivity contribution in [3.8, 4) is 0 Å². The maximum atomic E-state index is 12.4. The van der Waals surface area contributed by atoms with Crippen molar-refractivity contribution >= 4 is 57.1 Å². The second kappa shape index (κ2) is 9.21. The number of thioether (sulfide) groups is 1. The van der Waals surface area contributed by atoms with E-state index < -0.39 is 0 Å². The minimum Gasteiger partial charge on any atom is -0.330 e. The lowest BCUT2D eigenvalue weighted by Gasteiger charge is -2.10. The van der Waals surface area contributed by atoms with Gasteiger partial charge in [0, 0.05) is 16.4 Å². The van der Waals surface area contributed by atoms with Crippen LogP contribution in [0.4, 0.5) is 16.5 Å². The maximum absolute atomic E-state index is 12.4. The number of rotatable bonds is 7. The summed E-state index contributed by atoms with van der Waals surface area (Å²) in [5.74, 6) is -0.109. The first-order chi connectivity index (χ1) is 13.0. The molecule has 140 valence electrons. The van der Waals surface area contributed by atoms with Gasteiger partial charge in [0.1, 0.15) is 0 Å². The quantitative estimate of drug-likeness (QED) is 0.487. The molecule has 0 bridgehead atoms. The molecule has 0 saturated heterocycles. The van der Waals surface area contributed by atoms with Crippen LogP contribution in [0.2, 0.25) is 5.02 Å². The summed E-state index contributed by atoms with van der Waals surface area (Å²) in [6, 6.07) is 15.3. The van der Waals surface area contributed by atoms with Crippen molar-refractivity contribution in [1.29, 1.82) is 0 Å². The number of hydrogen-bond acceptors (Lipinski definition) is 6. The van der Waals surface area contributed by atoms with Gasteiger partial charge < -0.3 is 10.6 Å². The Morgan fingerprint density at radius 3 is 2.67 bits per heavy atom. The van der Waals surface area contributed by atoms with Crippen molar-refractivity contribution in [2.75, 3.05) is 10.6 Å². The first kappa shape index (κ1) is 19.7. The predicted octanol–water partition coefficient (Wildman–Crippen LogP) is 5.62. The molecule has 5 nitrogen and oxygen atoms in total. The number of amides is 1. The molecule has 27 heavy (non-hydrogen) atoms. The molecule has 0 spiro atoms. The number of carbonyl (C=O) groups is 1. The molecule has 3 rings (SSSR count). The number of carbonyl (C=O) groups excluding carboxylic acids is 1. The molecule has 1 amide bonds. The first-order valence-electron chi connectivity index (χ1n) is 8.46. The van der Waals surface area contributed by atoms with Gasteiger partial charge >= 0.3 is 0 Å². The highest BCUT2D eigenvalue weighted by atomic mass is 35.5. The van der Waals surface area contributed by atoms with Gasteiger partial charge in [-0.3, -0.25) is 4.79 Å². The van der Waals surface area contributed by atoms with Crippen LogP contribution in [0.3, 0.4) is 0 Å². The topological polar surface area (TPSA) is 66.9 Å². The second-order valence-electron chi connectivity index (χ2n) is 5.81. The first-order valence-corrected chi connectivity index (χ1v) is 10.5. The Labute approximate surface area is 171 Å². The van der Waals surface area contributed by atoms with Crippen LogP contribution in [0.5, 0.6) is 0 Å². The smallest absolute Gasteiger partial charge is 0.237 e. The van der Waals surface area contributed by atoms with Crippen LogP contribution in [-0.4, -0.2) is 21.4 Å². The molecule has 0 unspecified atom stereocenters. The fraction of sp³-hybridized carbons (Fsp3) is 0.211. The van der Waals surface area contributed by atoms with Crippen molar-refractivity contribution in [2.24, 2.45) is 0 Å². The molecule has 0 radical (unpaired) electrons. The van der Waals surface area contributed by atoms with Gasteiger partial charge in [0.25, 0.3) is 0 Å². The van der Waals surface area contributed by atoms with Crippen LogP contribution in [-0.2, 0) is 11.2 Å². The molecule has 2 aromatic carbocycles. The number of nitrogens with one attached hydrogen (secondary N) is 2. The van der Waals surface area contributed by atoms with Crippen molar-refractivity contribution in [1.82, 2.24) is 10.2 Å². The summed E-state index contributed by atoms with van der Waals surface area (Å²) in [6.45, 7) is 3.96. The van der Waals surface area contributed by atoms with E-state index in [0.29, 0.717) is 15.8 Å². The van der Waals surface area contributed by atoms with Gasteiger partial charge in [-0.2, -0.15) is 0 Å². The number of aromatic nitrogens is 2. The lowest BCUT2D eigenvalue weighted by molar-refractivity contribution is -0.115. The second-order valence-corrected chi connectivity index (χ2v) is 8.81. The van der Waals surface area contributed by atoms with Crippen LogP contribution in [0.25, 0.3) is 0 Å². The largest absolute Gasteiger partial charge is 0.330 e. The molecular formula is C19H19ClN4OS2. The minimum absolute atomic E-state index is 0.109. The summed E-state index contributed by atoms with van der Waals surface area (Å²) < 4.78 is 0.733. The lowest BCUT2D eigenvalue weighted by atomic mass is 10.1. The Kier molecular flexibility index (Phi) is 6.71. The third-order valence-corrected chi connectivity index (χ3v) is 6.02. The Bertz CT molecular complexity index is 914. The van der Waals surface area contributed by atoms with E-state index in [1.165, 1.54) is 28.7 Å². The average molecular weight is 419 g/mol. The highest BCUT2D eigenvalue weighted by molar-refractivity contribution is 8.02. The molecule has 0 saturated carbocycles. The average Bonchev–Trinajstić information content (AvgIpc) is 3.09. The Morgan fingerprint density at radius 1 is 1.19 bits per heavy atom. The van der Waals surface area contributed by atoms with Gasteiger partial charge in [0.15, 0.2) is 4.34 Å². The molecule has 0 fully saturated rings. The molecule has 1 aromatic heterocycles. The standard InChI is InChI=1S/C19H19ClN4OS2/c1-3-13-7-9-15(10-8-13)22-18-23-24-19(27-18)26-12(2)17(25)21-16-6-4-5-14(20)11-16/h4-12H,3H2,1-2H3,(H,21,25)(H,22,23)/t12-/m1/s1. The molecule has 3 aromatic rings. The van der Waals surface area contributed by atoms with E-state index >= 15 is 0 Å². The number of nitrogens with zero attached hydrogens (tertiary/aromatic N) is 2. The zero-order chi connectivity index (χ0) is 19.2. The SMILES string of the molecule is CCc1ccc(Nc2nnc(S[C@H](C)C(=O)Nc3cccc(Cl)c3)s2)cc1. The van der Waals surface area contributed by atoms with Gasteiger partial charge in [-0.1, -0.05) is 59.8 Å². The minimum atomic E-state index is -0.311. The van der Waals surface area contributed by atoms with Gasteiger partial charge in [-0.25, -0.2) is 0 Å². The Balaban J connectivity index is 1.56. The number of aryl methyl sites for hydroxylation is 1. The number of benzene rings is 2. The van der Waals surface area contributed by atoms with Crippen LogP contribution < -0.4 is 10.6 Å². The summed E-state index contributed by atoms with van der Waals surface area (Å²) in [7, 11) is 0. The number of anilines is 3. The molecule has 2 N–H and O–H groups in total. The van der Waals surface area contributed by atoms with Crippen LogP contribution >= 0.6 is 34.7 Å². The molecule has 0 aliphatic carbocycles. The molecule has 0 aliphatic rings. The van der Waals surface area contributed by atoms with Crippen molar-refractivity contribution in [3.63, 3.8) is 0 Å². The lowest BCUT2D eigenvalue weighted by Crippen LogP contribution is -2.22. The van der Waals surface area contributed by atoms with E-state index in [-0.39, 0.29) is 11.2 Å². The predicted molar refractivity (Wildman–Crippen MR) is 114 cm³/mol. The third kappa shape index (κ3) is 5.69. The monoisotopic (exact) mass is 418 g/mol. The van der Waals surface area contributed by atoms with Crippen molar-refractivity contribution < 1.29 is 4.79 Å². The summed E-state index contributed by atoms with van der Waals surface area (Å²) in [6.07, 6.45) is 1.01. The van der Waals surface area contributed by atoms with Crippen LogP contribution in [0, 0.1) is 0 Å². The zero-order valence-electron chi connectivity index (χ0n) is 14.9. The normalized spacial score (nSPS) is 11.8. The summed E-state index contributed by atoms with van der Waals surface area (Å²) >= 11 is 8.74. The van der Waals surface area contributed by atoms with Crippen molar-refractivity contribution in [2.45, 2.75) is 29.9 Å². The van der Waals surface area contributed by atoms with Gasteiger partial charge in [-0.15, -0.1) is 10.2 Å². The van der Waals surface area contributed by atoms with E-state index in [1.807, 2.05) is 19.1 Å². The van der Waals surface area contributed by atoms with E-state index in [0.717, 1.165) is 16.4 Å². The van der Waals surface area contributed by atoms with E-state index in [4.69, 9.17) is 11.6 Å². The highest BCUT2D eigenvalue weighted by Crippen LogP contribution is 2.31. The summed E-state index contributed by atoms with van der Waals surface area (Å²) in [5.41, 5.74) is 2.93. The number of halogens is 1. The molecule has 1 atom stereocenters. The maximum Gasteiger partial charge on any atom is 0.237 e. The van der Waals surface area contributed by atoms with E-state index in [1.54, 1.807) is 24.3 Å². The Morgan fingerprint density at radius 2 is 1.96 bits per heavy atom. The fourth-order valence-corrected chi connectivity index (χ4v) is 4.38. The van der Waals surface area contributed by atoms with Gasteiger partial charge in [0.05, 0.1) is 5.25 Å². The molecule has 8 heteroatoms. The van der Waals surface area contributed by atoms with E-state index in [9.17, 15) is 4.79 Å². The fourth-order valence-electron chi connectivity index (χ4n) is 2.27.